The zero-order valence-corrected chi connectivity index (χ0v) is 12.4. The first-order valence-corrected chi connectivity index (χ1v) is 7.38. The van der Waals surface area contributed by atoms with Crippen molar-refractivity contribution in [1.82, 2.24) is 4.90 Å². The van der Waals surface area contributed by atoms with Gasteiger partial charge in [-0.3, -0.25) is 4.90 Å². The van der Waals surface area contributed by atoms with Crippen molar-refractivity contribution in [1.29, 1.82) is 0 Å². The summed E-state index contributed by atoms with van der Waals surface area (Å²) >= 11 is 0. The number of rotatable bonds is 3. The van der Waals surface area contributed by atoms with Crippen molar-refractivity contribution in [3.05, 3.63) is 35.9 Å². The predicted molar refractivity (Wildman–Crippen MR) is 78.6 cm³/mol. The van der Waals surface area contributed by atoms with E-state index in [1.807, 2.05) is 6.07 Å². The zero-order valence-electron chi connectivity index (χ0n) is 14.4. The number of hydrogen-bond acceptors (Lipinski definition) is 5. The number of amides is 1. The lowest BCUT2D eigenvalue weighted by Gasteiger charge is -2.33. The number of carboxylic acids is 1. The maximum atomic E-state index is 12.5. The van der Waals surface area contributed by atoms with Crippen molar-refractivity contribution in [2.45, 2.75) is 31.3 Å². The molecule has 0 aromatic heterocycles. The molecule has 0 aliphatic carbocycles. The van der Waals surface area contributed by atoms with Crippen LogP contribution < -0.4 is 0 Å². The molecule has 1 spiro atoms. The predicted octanol–water partition coefficient (Wildman–Crippen LogP) is 1.62. The summed E-state index contributed by atoms with van der Waals surface area (Å²) in [6.07, 6.45) is -0.778. The first kappa shape index (κ1) is 13.3. The topological polar surface area (TPSA) is 85.3 Å². The molecule has 0 bridgehead atoms. The summed E-state index contributed by atoms with van der Waals surface area (Å²) in [6.45, 7) is -2.09. The normalized spacial score (nSPS) is 26.4. The molecule has 0 unspecified atom stereocenters. The Kier molecular flexibility index (Phi) is 3.80. The number of nitrogens with zero attached hydrogens (tertiary/aromatic N) is 1. The van der Waals surface area contributed by atoms with Gasteiger partial charge < -0.3 is 19.3 Å². The summed E-state index contributed by atoms with van der Waals surface area (Å²) in [7, 11) is 0. The van der Waals surface area contributed by atoms with Crippen LogP contribution in [0.15, 0.2) is 30.3 Å². The molecule has 2 aliphatic heterocycles. The third kappa shape index (κ3) is 3.46. The molecule has 23 heavy (non-hydrogen) atoms. The van der Waals surface area contributed by atoms with Gasteiger partial charge in [0.15, 0.2) is 5.79 Å². The minimum Gasteiger partial charge on any atom is -0.480 e. The van der Waals surface area contributed by atoms with E-state index in [0.29, 0.717) is 16.9 Å². The molecule has 7 nitrogen and oxygen atoms in total. The van der Waals surface area contributed by atoms with Crippen LogP contribution in [0.25, 0.3) is 0 Å². The third-order valence-corrected chi connectivity index (χ3v) is 3.71. The summed E-state index contributed by atoms with van der Waals surface area (Å²) in [5.41, 5.74) is 0.711. The van der Waals surface area contributed by atoms with E-state index in [0.717, 1.165) is 0 Å². The van der Waals surface area contributed by atoms with Crippen molar-refractivity contribution in [3.8, 4) is 0 Å². The van der Waals surface area contributed by atoms with Crippen molar-refractivity contribution < 1.29 is 31.6 Å². The maximum absolute atomic E-state index is 12.5. The zero-order chi connectivity index (χ0) is 18.1. The van der Waals surface area contributed by atoms with Gasteiger partial charge in [0.1, 0.15) is 12.6 Å². The molecule has 2 aliphatic rings. The van der Waals surface area contributed by atoms with Gasteiger partial charge in [-0.1, -0.05) is 30.3 Å². The van der Waals surface area contributed by atoms with E-state index in [2.05, 4.69) is 0 Å². The Labute approximate surface area is 136 Å². The molecule has 0 saturated carbocycles. The fourth-order valence-electron chi connectivity index (χ4n) is 2.57. The number of carbonyl (C=O) groups is 2. The smallest absolute Gasteiger partial charge is 0.411 e. The lowest BCUT2D eigenvalue weighted by Crippen LogP contribution is -2.44. The fraction of sp³-hybridized carbons (Fsp3) is 0.500. The highest BCUT2D eigenvalue weighted by molar-refractivity contribution is 5.81. The molecular formula is C16H19NO6. The first-order chi connectivity index (χ1) is 11.9. The van der Waals surface area contributed by atoms with Gasteiger partial charge in [-0.15, -0.1) is 0 Å². The lowest BCUT2D eigenvalue weighted by atomic mass is 10.1. The van der Waals surface area contributed by atoms with E-state index in [9.17, 15) is 14.7 Å². The van der Waals surface area contributed by atoms with E-state index in [1.54, 1.807) is 24.3 Å². The largest absolute Gasteiger partial charge is 0.480 e. The van der Waals surface area contributed by atoms with Gasteiger partial charge in [0.05, 0.1) is 22.5 Å². The van der Waals surface area contributed by atoms with Gasteiger partial charge in [-0.25, -0.2) is 9.59 Å². The van der Waals surface area contributed by atoms with E-state index in [1.165, 1.54) is 0 Å². The summed E-state index contributed by atoms with van der Waals surface area (Å²) < 4.78 is 32.6. The van der Waals surface area contributed by atoms with Gasteiger partial charge >= 0.3 is 12.1 Å². The quantitative estimate of drug-likeness (QED) is 0.910. The van der Waals surface area contributed by atoms with Crippen LogP contribution in [0.4, 0.5) is 4.79 Å². The van der Waals surface area contributed by atoms with Crippen LogP contribution >= 0.6 is 0 Å². The molecule has 124 valence electrons. The lowest BCUT2D eigenvalue weighted by molar-refractivity contribution is -0.257. The maximum Gasteiger partial charge on any atom is 0.411 e. The standard InChI is InChI=1S/C16H19NO6/c18-14(19)13-9-16(22-7-4-8-23-16)11-17(13)15(20)21-10-12-5-2-1-3-6-12/h1-3,5-6,13H,4,7-11H2,(H,18,19)/t13-/m0/s1/i11D2. The molecule has 7 heteroatoms. The van der Waals surface area contributed by atoms with Gasteiger partial charge in [0.25, 0.3) is 0 Å². The van der Waals surface area contributed by atoms with E-state index in [-0.39, 0.29) is 26.2 Å². The number of carboxylic acid groups (broad SMARTS) is 1. The average Bonchev–Trinajstić information content (AvgIpc) is 2.82. The molecule has 0 radical (unpaired) electrons. The van der Waals surface area contributed by atoms with Crippen molar-refractivity contribution in [2.75, 3.05) is 19.7 Å². The summed E-state index contributed by atoms with van der Waals surface area (Å²) in [5.74, 6) is -3.13. The number of benzene rings is 1. The molecule has 1 N–H and O–H groups in total. The highest BCUT2D eigenvalue weighted by Gasteiger charge is 2.52. The van der Waals surface area contributed by atoms with E-state index in [4.69, 9.17) is 17.0 Å². The minimum absolute atomic E-state index is 0.0900. The van der Waals surface area contributed by atoms with Gasteiger partial charge in [0.2, 0.25) is 0 Å². The number of likely N-dealkylation sites (tertiary alicyclic amines) is 1. The molecule has 2 fully saturated rings. The van der Waals surface area contributed by atoms with Crippen LogP contribution in [0.5, 0.6) is 0 Å². The average molecular weight is 323 g/mol. The Morgan fingerprint density at radius 1 is 1.35 bits per heavy atom. The van der Waals surface area contributed by atoms with Crippen LogP contribution in [-0.2, 0) is 25.6 Å². The first-order valence-electron chi connectivity index (χ1n) is 8.38. The molecule has 2 heterocycles. The van der Waals surface area contributed by atoms with Crippen molar-refractivity contribution >= 4 is 12.1 Å². The highest BCUT2D eigenvalue weighted by atomic mass is 16.7. The Bertz CT molecular complexity index is 647. The van der Waals surface area contributed by atoms with Crippen LogP contribution in [0, 0.1) is 0 Å². The van der Waals surface area contributed by atoms with Crippen LogP contribution in [-0.4, -0.2) is 53.6 Å². The molecule has 3 rings (SSSR count). The van der Waals surface area contributed by atoms with Crippen LogP contribution in [0.2, 0.25) is 0 Å². The number of hydrogen-bond donors (Lipinski definition) is 1. The molecule has 2 saturated heterocycles. The second kappa shape index (κ2) is 6.55. The fourth-order valence-corrected chi connectivity index (χ4v) is 2.57. The number of aliphatic carboxylic acids is 1. The Morgan fingerprint density at radius 3 is 2.70 bits per heavy atom. The van der Waals surface area contributed by atoms with Gasteiger partial charge in [0, 0.05) is 6.42 Å². The third-order valence-electron chi connectivity index (χ3n) is 3.71. The Morgan fingerprint density at radius 2 is 2.04 bits per heavy atom. The Balaban J connectivity index is 1.81. The highest BCUT2D eigenvalue weighted by Crippen LogP contribution is 2.34. The molecule has 1 aromatic carbocycles. The van der Waals surface area contributed by atoms with Gasteiger partial charge in [-0.2, -0.15) is 0 Å². The molecule has 1 amide bonds. The molecule has 1 atom stereocenters. The minimum atomic E-state index is -2.47. The van der Waals surface area contributed by atoms with Crippen molar-refractivity contribution in [2.24, 2.45) is 0 Å². The van der Waals surface area contributed by atoms with Gasteiger partial charge in [-0.05, 0) is 12.0 Å². The Hall–Kier alpha value is -2.12. The summed E-state index contributed by atoms with van der Waals surface area (Å²) in [5, 5.41) is 9.44. The summed E-state index contributed by atoms with van der Waals surface area (Å²) in [4.78, 5) is 24.6. The number of carbonyl (C=O) groups excluding carboxylic acids is 1. The van der Waals surface area contributed by atoms with E-state index >= 15 is 0 Å². The SMILES string of the molecule is [2H]C1([2H])N(C(=O)OCc2ccccc2)[C@H](C(=O)O)CC12OCCCO2. The molecular weight excluding hydrogens is 302 g/mol. The second-order valence-electron chi connectivity index (χ2n) is 5.38. The molecule has 1 aromatic rings. The van der Waals surface area contributed by atoms with Crippen molar-refractivity contribution in [3.63, 3.8) is 0 Å². The monoisotopic (exact) mass is 323 g/mol. The second-order valence-corrected chi connectivity index (χ2v) is 5.38. The summed E-state index contributed by atoms with van der Waals surface area (Å²) in [6, 6.07) is 7.42. The van der Waals surface area contributed by atoms with Crippen LogP contribution in [0.1, 0.15) is 21.1 Å². The van der Waals surface area contributed by atoms with Crippen LogP contribution in [0.3, 0.4) is 0 Å². The van der Waals surface area contributed by atoms with E-state index < -0.39 is 30.4 Å². The number of ether oxygens (including phenoxy) is 3.